The van der Waals surface area contributed by atoms with Gasteiger partial charge in [0.05, 0.1) is 5.69 Å². The van der Waals surface area contributed by atoms with E-state index < -0.39 is 0 Å². The molecule has 16 heavy (non-hydrogen) atoms. The Labute approximate surface area is 94.1 Å². The molecule has 0 aliphatic heterocycles. The molecule has 3 nitrogen and oxygen atoms in total. The summed E-state index contributed by atoms with van der Waals surface area (Å²) in [6, 6.07) is 9.75. The van der Waals surface area contributed by atoms with Crippen LogP contribution in [-0.4, -0.2) is 4.57 Å². The van der Waals surface area contributed by atoms with E-state index in [2.05, 4.69) is 0 Å². The largest absolute Gasteiger partial charge is 0.394 e. The topological polar surface area (TPSA) is 48.0 Å². The molecule has 0 aliphatic rings. The SMILES string of the molecule is Cc1ccccc1-c1cc(N)c(=O)n(C)c1. The van der Waals surface area contributed by atoms with E-state index in [0.29, 0.717) is 0 Å². The number of aromatic nitrogens is 1. The van der Waals surface area contributed by atoms with Crippen molar-refractivity contribution in [2.75, 3.05) is 5.73 Å². The number of nitrogen functional groups attached to an aromatic ring is 1. The molecule has 82 valence electrons. The smallest absolute Gasteiger partial charge is 0.273 e. The molecule has 2 aromatic rings. The number of hydrogen-bond donors (Lipinski definition) is 1. The lowest BCUT2D eigenvalue weighted by atomic mass is 10.0. The Balaban J connectivity index is 2.67. The van der Waals surface area contributed by atoms with Crippen LogP contribution in [0, 0.1) is 6.92 Å². The normalized spacial score (nSPS) is 10.4. The van der Waals surface area contributed by atoms with Crippen molar-refractivity contribution in [2.45, 2.75) is 6.92 Å². The van der Waals surface area contributed by atoms with Gasteiger partial charge in [-0.05, 0) is 24.1 Å². The number of nitrogens with two attached hydrogens (primary N) is 1. The van der Waals surface area contributed by atoms with Gasteiger partial charge in [-0.15, -0.1) is 0 Å². The van der Waals surface area contributed by atoms with E-state index in [1.165, 1.54) is 10.1 Å². The van der Waals surface area contributed by atoms with Gasteiger partial charge in [-0.25, -0.2) is 0 Å². The molecule has 0 bridgehead atoms. The molecule has 2 N–H and O–H groups in total. The quantitative estimate of drug-likeness (QED) is 0.788. The summed E-state index contributed by atoms with van der Waals surface area (Å²) in [5.41, 5.74) is 9.04. The van der Waals surface area contributed by atoms with Crippen molar-refractivity contribution in [1.82, 2.24) is 4.57 Å². The van der Waals surface area contributed by atoms with Gasteiger partial charge in [-0.2, -0.15) is 0 Å². The van der Waals surface area contributed by atoms with E-state index in [-0.39, 0.29) is 11.2 Å². The second-order valence-electron chi connectivity index (χ2n) is 3.92. The molecule has 3 heteroatoms. The maximum Gasteiger partial charge on any atom is 0.273 e. The molecule has 0 radical (unpaired) electrons. The highest BCUT2D eigenvalue weighted by Crippen LogP contribution is 2.22. The van der Waals surface area contributed by atoms with Crippen LogP contribution in [0.2, 0.25) is 0 Å². The molecular weight excluding hydrogens is 200 g/mol. The monoisotopic (exact) mass is 214 g/mol. The van der Waals surface area contributed by atoms with E-state index in [1.807, 2.05) is 31.2 Å². The Kier molecular flexibility index (Phi) is 2.52. The molecule has 0 saturated carbocycles. The van der Waals surface area contributed by atoms with Crippen LogP contribution >= 0.6 is 0 Å². The fourth-order valence-electron chi connectivity index (χ4n) is 1.78. The number of nitrogens with zero attached hydrogens (tertiary/aromatic N) is 1. The molecule has 0 amide bonds. The zero-order valence-electron chi connectivity index (χ0n) is 9.40. The van der Waals surface area contributed by atoms with E-state index in [1.54, 1.807) is 19.3 Å². The Morgan fingerprint density at radius 1 is 1.25 bits per heavy atom. The highest BCUT2D eigenvalue weighted by Gasteiger charge is 2.05. The van der Waals surface area contributed by atoms with Gasteiger partial charge in [0.15, 0.2) is 0 Å². The van der Waals surface area contributed by atoms with Gasteiger partial charge in [-0.3, -0.25) is 4.79 Å². The van der Waals surface area contributed by atoms with Crippen molar-refractivity contribution in [3.8, 4) is 11.1 Å². The minimum absolute atomic E-state index is 0.155. The minimum atomic E-state index is -0.155. The molecule has 1 heterocycles. The standard InChI is InChI=1S/C13H14N2O/c1-9-5-3-4-6-11(9)10-7-12(14)13(16)15(2)8-10/h3-8H,14H2,1-2H3. The fourth-order valence-corrected chi connectivity index (χ4v) is 1.78. The van der Waals surface area contributed by atoms with Crippen molar-refractivity contribution >= 4 is 5.69 Å². The van der Waals surface area contributed by atoms with Crippen molar-refractivity contribution in [3.63, 3.8) is 0 Å². The summed E-state index contributed by atoms with van der Waals surface area (Å²) in [6.45, 7) is 2.04. The molecule has 0 atom stereocenters. The van der Waals surface area contributed by atoms with Crippen molar-refractivity contribution in [2.24, 2.45) is 7.05 Å². The number of anilines is 1. The highest BCUT2D eigenvalue weighted by molar-refractivity contribution is 5.69. The maximum absolute atomic E-state index is 11.5. The first-order valence-electron chi connectivity index (χ1n) is 5.12. The number of benzene rings is 1. The summed E-state index contributed by atoms with van der Waals surface area (Å²) in [7, 11) is 1.71. The van der Waals surface area contributed by atoms with Crippen molar-refractivity contribution < 1.29 is 0 Å². The van der Waals surface area contributed by atoms with Crippen LogP contribution in [0.25, 0.3) is 11.1 Å². The van der Waals surface area contributed by atoms with Gasteiger partial charge in [0, 0.05) is 18.8 Å². The first-order chi connectivity index (χ1) is 7.59. The van der Waals surface area contributed by atoms with Crippen LogP contribution < -0.4 is 11.3 Å². The predicted octanol–water partition coefficient (Wildman–Crippen LogP) is 1.94. The average molecular weight is 214 g/mol. The van der Waals surface area contributed by atoms with E-state index in [0.717, 1.165) is 11.1 Å². The first-order valence-corrected chi connectivity index (χ1v) is 5.12. The van der Waals surface area contributed by atoms with E-state index in [9.17, 15) is 4.79 Å². The Morgan fingerprint density at radius 2 is 1.94 bits per heavy atom. The number of pyridine rings is 1. The minimum Gasteiger partial charge on any atom is -0.394 e. The number of hydrogen-bond acceptors (Lipinski definition) is 2. The highest BCUT2D eigenvalue weighted by atomic mass is 16.1. The van der Waals surface area contributed by atoms with Gasteiger partial charge < -0.3 is 10.3 Å². The number of rotatable bonds is 1. The fraction of sp³-hybridized carbons (Fsp3) is 0.154. The Bertz CT molecular complexity index is 558. The third-order valence-electron chi connectivity index (χ3n) is 2.67. The molecule has 0 fully saturated rings. The van der Waals surface area contributed by atoms with Crippen LogP contribution in [-0.2, 0) is 7.05 Å². The second-order valence-corrected chi connectivity index (χ2v) is 3.92. The van der Waals surface area contributed by atoms with Gasteiger partial charge in [-0.1, -0.05) is 24.3 Å². The second kappa shape index (κ2) is 3.85. The van der Waals surface area contributed by atoms with E-state index >= 15 is 0 Å². The third-order valence-corrected chi connectivity index (χ3v) is 2.67. The lowest BCUT2D eigenvalue weighted by Gasteiger charge is -2.08. The Morgan fingerprint density at radius 3 is 2.56 bits per heavy atom. The zero-order chi connectivity index (χ0) is 11.7. The summed E-state index contributed by atoms with van der Waals surface area (Å²) in [6.07, 6.45) is 1.81. The molecule has 1 aromatic heterocycles. The molecule has 0 aliphatic carbocycles. The first kappa shape index (κ1) is 10.5. The lowest BCUT2D eigenvalue weighted by molar-refractivity contribution is 0.866. The van der Waals surface area contributed by atoms with Gasteiger partial charge >= 0.3 is 0 Å². The van der Waals surface area contributed by atoms with Crippen molar-refractivity contribution in [3.05, 3.63) is 52.4 Å². The Hall–Kier alpha value is -2.03. The maximum atomic E-state index is 11.5. The van der Waals surface area contributed by atoms with Crippen LogP contribution in [0.15, 0.2) is 41.3 Å². The molecule has 1 aromatic carbocycles. The number of aryl methyl sites for hydroxylation is 2. The molecule has 0 spiro atoms. The van der Waals surface area contributed by atoms with Crippen LogP contribution in [0.4, 0.5) is 5.69 Å². The average Bonchev–Trinajstić information content (AvgIpc) is 2.26. The summed E-state index contributed by atoms with van der Waals surface area (Å²) >= 11 is 0. The molecule has 2 rings (SSSR count). The molecule has 0 unspecified atom stereocenters. The van der Waals surface area contributed by atoms with Gasteiger partial charge in [0.2, 0.25) is 0 Å². The van der Waals surface area contributed by atoms with Gasteiger partial charge in [0.25, 0.3) is 5.56 Å². The summed E-state index contributed by atoms with van der Waals surface area (Å²) in [4.78, 5) is 11.5. The van der Waals surface area contributed by atoms with Gasteiger partial charge in [0.1, 0.15) is 0 Å². The lowest BCUT2D eigenvalue weighted by Crippen LogP contribution is -2.19. The van der Waals surface area contributed by atoms with Crippen LogP contribution in [0.1, 0.15) is 5.56 Å². The predicted molar refractivity (Wildman–Crippen MR) is 66.3 cm³/mol. The third kappa shape index (κ3) is 1.72. The summed E-state index contributed by atoms with van der Waals surface area (Å²) in [5.74, 6) is 0. The van der Waals surface area contributed by atoms with E-state index in [4.69, 9.17) is 5.73 Å². The van der Waals surface area contributed by atoms with Crippen molar-refractivity contribution in [1.29, 1.82) is 0 Å². The zero-order valence-corrected chi connectivity index (χ0v) is 9.40. The van der Waals surface area contributed by atoms with Crippen LogP contribution in [0.3, 0.4) is 0 Å². The molecule has 0 saturated heterocycles. The molecular formula is C13H14N2O. The van der Waals surface area contributed by atoms with Crippen LogP contribution in [0.5, 0.6) is 0 Å². The summed E-state index contributed by atoms with van der Waals surface area (Å²) < 4.78 is 1.51. The summed E-state index contributed by atoms with van der Waals surface area (Å²) in [5, 5.41) is 0.